The fourth-order valence-corrected chi connectivity index (χ4v) is 5.30. The van der Waals surface area contributed by atoms with E-state index in [1.54, 1.807) is 21.6 Å². The molecule has 0 spiro atoms. The summed E-state index contributed by atoms with van der Waals surface area (Å²) < 4.78 is 0. The van der Waals surface area contributed by atoms with Crippen molar-refractivity contribution in [2.45, 2.75) is 32.2 Å². The van der Waals surface area contributed by atoms with Crippen molar-refractivity contribution in [3.8, 4) is 0 Å². The Morgan fingerprint density at radius 1 is 0.781 bits per heavy atom. The lowest BCUT2D eigenvalue weighted by Crippen LogP contribution is -2.23. The number of hydrogen-bond donors (Lipinski definition) is 3. The summed E-state index contributed by atoms with van der Waals surface area (Å²) in [5, 5.41) is 2.89. The summed E-state index contributed by atoms with van der Waals surface area (Å²) in [4.78, 5) is 39.6. The number of carbonyl (C=O) groups is 2. The Morgan fingerprint density at radius 3 is 2.06 bits per heavy atom. The van der Waals surface area contributed by atoms with Gasteiger partial charge in [0.25, 0.3) is 0 Å². The van der Waals surface area contributed by atoms with Crippen LogP contribution in [0.4, 0.5) is 0 Å². The smallest absolute Gasteiger partial charge is 0.221 e. The molecule has 4 aromatic rings. The van der Waals surface area contributed by atoms with E-state index in [9.17, 15) is 9.59 Å². The lowest BCUT2D eigenvalue weighted by Gasteiger charge is -2.03. The molecule has 1 amide bonds. The highest BCUT2D eigenvalue weighted by atomic mass is 33.1. The molecule has 0 fully saturated rings. The molecule has 0 bridgehead atoms. The summed E-state index contributed by atoms with van der Waals surface area (Å²) in [5.74, 6) is 3.31. The Balaban J connectivity index is 1.04. The van der Waals surface area contributed by atoms with E-state index in [0.29, 0.717) is 38.0 Å². The monoisotopic (exact) mass is 467 g/mol. The molecule has 32 heavy (non-hydrogen) atoms. The molecular formula is C23H25N5O2S2. The van der Waals surface area contributed by atoms with Gasteiger partial charge in [-0.1, -0.05) is 45.9 Å². The SMILES string of the molecule is O=C(CCSSCCC(=O)NCc1nc2ccccc2[nH]1)CCc1nc2ccccc2[nH]1. The number of ketones is 1. The van der Waals surface area contributed by atoms with Crippen LogP contribution in [0.15, 0.2) is 48.5 Å². The number of hydrogen-bond acceptors (Lipinski definition) is 6. The van der Waals surface area contributed by atoms with Crippen LogP contribution in [0.2, 0.25) is 0 Å². The number of imidazole rings is 2. The van der Waals surface area contributed by atoms with Gasteiger partial charge in [0, 0.05) is 37.2 Å². The zero-order chi connectivity index (χ0) is 22.2. The lowest BCUT2D eigenvalue weighted by atomic mass is 10.2. The maximum Gasteiger partial charge on any atom is 0.221 e. The molecule has 2 heterocycles. The van der Waals surface area contributed by atoms with Gasteiger partial charge < -0.3 is 15.3 Å². The van der Waals surface area contributed by atoms with Crippen LogP contribution in [0.1, 0.15) is 30.9 Å². The van der Waals surface area contributed by atoms with Gasteiger partial charge in [0.1, 0.15) is 17.4 Å². The molecule has 0 atom stereocenters. The minimum absolute atomic E-state index is 0.000433. The second-order valence-corrected chi connectivity index (χ2v) is 10.1. The third-order valence-corrected chi connectivity index (χ3v) is 7.34. The molecule has 0 aliphatic rings. The predicted molar refractivity (Wildman–Crippen MR) is 132 cm³/mol. The molecule has 0 radical (unpaired) electrons. The van der Waals surface area contributed by atoms with Crippen molar-refractivity contribution in [2.24, 2.45) is 0 Å². The summed E-state index contributed by atoms with van der Waals surface area (Å²) in [6, 6.07) is 15.7. The number of amides is 1. The van der Waals surface area contributed by atoms with Gasteiger partial charge in [-0.3, -0.25) is 9.59 Å². The first-order chi connectivity index (χ1) is 15.7. The van der Waals surface area contributed by atoms with E-state index in [4.69, 9.17) is 0 Å². The first-order valence-electron chi connectivity index (χ1n) is 10.6. The Labute approximate surface area is 194 Å². The third kappa shape index (κ3) is 6.37. The maximum absolute atomic E-state index is 12.1. The standard InChI is InChI=1S/C23H25N5O2S2/c29-16(9-10-21-25-17-5-1-2-6-18(17)26-21)11-13-31-32-14-12-23(30)24-15-22-27-19-7-3-4-8-20(19)28-22/h1-8H,9-15H2,(H,24,30)(H,25,26)(H,27,28). The highest BCUT2D eigenvalue weighted by Crippen LogP contribution is 2.23. The third-order valence-electron chi connectivity index (χ3n) is 4.93. The molecule has 2 aromatic heterocycles. The van der Waals surface area contributed by atoms with Crippen LogP contribution in [0.25, 0.3) is 22.1 Å². The summed E-state index contributed by atoms with van der Waals surface area (Å²) in [6.45, 7) is 0.394. The molecule has 166 valence electrons. The Morgan fingerprint density at radius 2 is 1.38 bits per heavy atom. The molecule has 0 aliphatic carbocycles. The van der Waals surface area contributed by atoms with Crippen LogP contribution in [-0.2, 0) is 22.6 Å². The molecule has 3 N–H and O–H groups in total. The number of aromatic amines is 2. The Bertz CT molecular complexity index is 1040. The van der Waals surface area contributed by atoms with Gasteiger partial charge in [0.2, 0.25) is 5.91 Å². The highest BCUT2D eigenvalue weighted by molar-refractivity contribution is 8.76. The van der Waals surface area contributed by atoms with Crippen molar-refractivity contribution in [3.63, 3.8) is 0 Å². The van der Waals surface area contributed by atoms with E-state index < -0.39 is 0 Å². The number of para-hydroxylation sites is 4. The fraction of sp³-hybridized carbons (Fsp3) is 0.304. The largest absolute Gasteiger partial charge is 0.349 e. The Hall–Kier alpha value is -2.78. The first-order valence-corrected chi connectivity index (χ1v) is 13.1. The van der Waals surface area contributed by atoms with Gasteiger partial charge in [-0.2, -0.15) is 0 Å². The second kappa shape index (κ2) is 11.2. The number of rotatable bonds is 12. The van der Waals surface area contributed by atoms with Crippen molar-refractivity contribution in [3.05, 3.63) is 60.2 Å². The molecule has 4 rings (SSSR count). The minimum atomic E-state index is 0.000433. The fourth-order valence-electron chi connectivity index (χ4n) is 3.27. The van der Waals surface area contributed by atoms with E-state index in [-0.39, 0.29) is 11.7 Å². The van der Waals surface area contributed by atoms with Gasteiger partial charge in [0.05, 0.1) is 28.6 Å². The molecule has 0 saturated carbocycles. The minimum Gasteiger partial charge on any atom is -0.349 e. The predicted octanol–water partition coefficient (Wildman–Crippen LogP) is 4.42. The number of carbonyl (C=O) groups excluding carboxylic acids is 2. The molecular weight excluding hydrogens is 442 g/mol. The van der Waals surface area contributed by atoms with Crippen molar-refractivity contribution >= 4 is 55.3 Å². The van der Waals surface area contributed by atoms with Gasteiger partial charge in [-0.25, -0.2) is 9.97 Å². The molecule has 0 unspecified atom stereocenters. The average molecular weight is 468 g/mol. The zero-order valence-electron chi connectivity index (χ0n) is 17.6. The van der Waals surface area contributed by atoms with E-state index in [2.05, 4.69) is 25.3 Å². The number of Topliss-reactive ketones (excluding diaryl/α,β-unsaturated/α-hetero) is 1. The number of H-pyrrole nitrogens is 2. The topological polar surface area (TPSA) is 104 Å². The zero-order valence-corrected chi connectivity index (χ0v) is 19.2. The Kier molecular flexibility index (Phi) is 7.84. The van der Waals surface area contributed by atoms with Crippen LogP contribution in [0.5, 0.6) is 0 Å². The lowest BCUT2D eigenvalue weighted by molar-refractivity contribution is -0.121. The summed E-state index contributed by atoms with van der Waals surface area (Å²) >= 11 is 0. The number of aromatic nitrogens is 4. The normalized spacial score (nSPS) is 11.2. The van der Waals surface area contributed by atoms with Crippen LogP contribution >= 0.6 is 21.6 Å². The van der Waals surface area contributed by atoms with Crippen molar-refractivity contribution in [2.75, 3.05) is 11.5 Å². The number of nitrogens with zero attached hydrogens (tertiary/aromatic N) is 2. The number of aryl methyl sites for hydroxylation is 1. The van der Waals surface area contributed by atoms with Crippen LogP contribution in [0.3, 0.4) is 0 Å². The van der Waals surface area contributed by atoms with Crippen molar-refractivity contribution in [1.29, 1.82) is 0 Å². The van der Waals surface area contributed by atoms with E-state index in [1.165, 1.54) is 0 Å². The molecule has 2 aromatic carbocycles. The highest BCUT2D eigenvalue weighted by Gasteiger charge is 2.08. The summed E-state index contributed by atoms with van der Waals surface area (Å²) in [5.41, 5.74) is 3.80. The van der Waals surface area contributed by atoms with Gasteiger partial charge >= 0.3 is 0 Å². The summed E-state index contributed by atoms with van der Waals surface area (Å²) in [6.07, 6.45) is 2.11. The number of benzene rings is 2. The summed E-state index contributed by atoms with van der Waals surface area (Å²) in [7, 11) is 3.27. The average Bonchev–Trinajstić information content (AvgIpc) is 3.41. The molecule has 9 heteroatoms. The van der Waals surface area contributed by atoms with Crippen molar-refractivity contribution in [1.82, 2.24) is 25.3 Å². The first kappa shape index (κ1) is 22.4. The second-order valence-electron chi connectivity index (χ2n) is 7.36. The number of nitrogens with one attached hydrogen (secondary N) is 3. The van der Waals surface area contributed by atoms with Crippen molar-refractivity contribution < 1.29 is 9.59 Å². The van der Waals surface area contributed by atoms with Crippen LogP contribution in [-0.4, -0.2) is 43.1 Å². The van der Waals surface area contributed by atoms with E-state index >= 15 is 0 Å². The van der Waals surface area contributed by atoms with Crippen LogP contribution < -0.4 is 5.32 Å². The maximum atomic E-state index is 12.1. The molecule has 7 nitrogen and oxygen atoms in total. The number of fused-ring (bicyclic) bond motifs is 2. The molecule has 0 saturated heterocycles. The van der Waals surface area contributed by atoms with Gasteiger partial charge in [0.15, 0.2) is 0 Å². The van der Waals surface area contributed by atoms with Gasteiger partial charge in [-0.15, -0.1) is 0 Å². The van der Waals surface area contributed by atoms with Gasteiger partial charge in [-0.05, 0) is 24.3 Å². The molecule has 0 aliphatic heterocycles. The van der Waals surface area contributed by atoms with E-state index in [0.717, 1.165) is 39.5 Å². The van der Waals surface area contributed by atoms with E-state index in [1.807, 2.05) is 48.5 Å². The van der Waals surface area contributed by atoms with Crippen LogP contribution in [0, 0.1) is 0 Å². The quantitative estimate of drug-likeness (QED) is 0.211.